The summed E-state index contributed by atoms with van der Waals surface area (Å²) in [5.74, 6) is -8.52. The third-order valence-corrected chi connectivity index (χ3v) is 5.11. The van der Waals surface area contributed by atoms with Crippen LogP contribution in [0, 0.1) is 23.3 Å². The number of hydrogen-bond acceptors (Lipinski definition) is 4. The zero-order valence-electron chi connectivity index (χ0n) is 18.8. The molecule has 4 nitrogen and oxygen atoms in total. The Labute approximate surface area is 187 Å². The van der Waals surface area contributed by atoms with Crippen molar-refractivity contribution >= 4 is 11.9 Å². The van der Waals surface area contributed by atoms with Crippen molar-refractivity contribution in [2.45, 2.75) is 97.0 Å². The van der Waals surface area contributed by atoms with E-state index in [9.17, 15) is 27.2 Å². The molecule has 1 rings (SSSR count). The van der Waals surface area contributed by atoms with Gasteiger partial charge in [-0.1, -0.05) is 71.1 Å². The number of rotatable bonds is 17. The molecule has 0 bridgehead atoms. The Hall–Kier alpha value is -2.12. The van der Waals surface area contributed by atoms with Crippen LogP contribution in [0.2, 0.25) is 0 Å². The molecule has 0 aliphatic carbocycles. The van der Waals surface area contributed by atoms with Crippen molar-refractivity contribution in [1.29, 1.82) is 0 Å². The minimum absolute atomic E-state index is 0.217. The van der Waals surface area contributed by atoms with Crippen LogP contribution in [0.4, 0.5) is 17.6 Å². The number of benzene rings is 1. The van der Waals surface area contributed by atoms with Gasteiger partial charge in [-0.05, 0) is 12.5 Å². The van der Waals surface area contributed by atoms with E-state index in [0.29, 0.717) is 6.07 Å². The highest BCUT2D eigenvalue weighted by atomic mass is 19.2. The Bertz CT molecular complexity index is 710. The number of carbonyl (C=O) groups excluding carboxylic acids is 2. The molecule has 8 heteroatoms. The van der Waals surface area contributed by atoms with Gasteiger partial charge >= 0.3 is 11.9 Å². The SMILES string of the molecule is CCCCCCCCCCCCCOC(=O)CCC(=O)OCc1cc(F)c(F)c(F)c1F. The number of ether oxygens (including phenoxy) is 2. The number of hydrogen-bond donors (Lipinski definition) is 0. The lowest BCUT2D eigenvalue weighted by atomic mass is 10.1. The Morgan fingerprint density at radius 3 is 1.75 bits per heavy atom. The molecule has 0 fully saturated rings. The van der Waals surface area contributed by atoms with Crippen molar-refractivity contribution < 1.29 is 36.6 Å². The molecule has 0 amide bonds. The van der Waals surface area contributed by atoms with E-state index in [1.54, 1.807) is 0 Å². The van der Waals surface area contributed by atoms with E-state index in [4.69, 9.17) is 4.74 Å². The van der Waals surface area contributed by atoms with Crippen LogP contribution >= 0.6 is 0 Å². The van der Waals surface area contributed by atoms with Gasteiger partial charge in [0.05, 0.1) is 19.4 Å². The molecule has 0 aliphatic rings. The molecule has 0 aromatic heterocycles. The molecule has 0 atom stereocenters. The summed E-state index contributed by atoms with van der Waals surface area (Å²) < 4.78 is 62.4. The lowest BCUT2D eigenvalue weighted by molar-refractivity contribution is -0.151. The van der Waals surface area contributed by atoms with Crippen molar-refractivity contribution in [3.8, 4) is 0 Å². The molecule has 0 aliphatic heterocycles. The Balaban J connectivity index is 2.05. The fourth-order valence-corrected chi connectivity index (χ4v) is 3.19. The van der Waals surface area contributed by atoms with Crippen LogP contribution in [0.5, 0.6) is 0 Å². The average molecular weight is 463 g/mol. The third kappa shape index (κ3) is 11.5. The van der Waals surface area contributed by atoms with Gasteiger partial charge in [-0.25, -0.2) is 17.6 Å². The zero-order chi connectivity index (χ0) is 23.8. The van der Waals surface area contributed by atoms with E-state index in [1.165, 1.54) is 51.4 Å². The largest absolute Gasteiger partial charge is 0.466 e. The number of unbranched alkanes of at least 4 members (excludes halogenated alkanes) is 10. The highest BCUT2D eigenvalue weighted by molar-refractivity contribution is 5.77. The van der Waals surface area contributed by atoms with Gasteiger partial charge in [0.15, 0.2) is 23.3 Å². The summed E-state index contributed by atoms with van der Waals surface area (Å²) in [4.78, 5) is 23.3. The highest BCUT2D eigenvalue weighted by Gasteiger charge is 2.20. The Kier molecular flexibility index (Phi) is 14.4. The minimum Gasteiger partial charge on any atom is -0.466 e. The fraction of sp³-hybridized carbons (Fsp3) is 0.667. The summed E-state index contributed by atoms with van der Waals surface area (Å²) in [6.07, 6.45) is 12.5. The number of esters is 2. The molecule has 1 aromatic carbocycles. The van der Waals surface area contributed by atoms with Crippen LogP contribution in [-0.4, -0.2) is 18.5 Å². The van der Waals surface area contributed by atoms with E-state index < -0.39 is 47.4 Å². The zero-order valence-corrected chi connectivity index (χ0v) is 18.8. The molecule has 1 aromatic rings. The highest BCUT2D eigenvalue weighted by Crippen LogP contribution is 2.19. The van der Waals surface area contributed by atoms with E-state index >= 15 is 0 Å². The smallest absolute Gasteiger partial charge is 0.306 e. The van der Waals surface area contributed by atoms with Crippen molar-refractivity contribution in [3.05, 3.63) is 34.9 Å². The fourth-order valence-electron chi connectivity index (χ4n) is 3.19. The van der Waals surface area contributed by atoms with Crippen molar-refractivity contribution in [1.82, 2.24) is 0 Å². The average Bonchev–Trinajstić information content (AvgIpc) is 2.78. The summed E-state index contributed by atoms with van der Waals surface area (Å²) in [5, 5.41) is 0. The molecule has 32 heavy (non-hydrogen) atoms. The molecule has 0 spiro atoms. The summed E-state index contributed by atoms with van der Waals surface area (Å²) >= 11 is 0. The first-order valence-electron chi connectivity index (χ1n) is 11.5. The van der Waals surface area contributed by atoms with Gasteiger partial charge in [0.1, 0.15) is 6.61 Å². The van der Waals surface area contributed by atoms with Crippen LogP contribution < -0.4 is 0 Å². The monoisotopic (exact) mass is 462 g/mol. The van der Waals surface area contributed by atoms with Gasteiger partial charge in [0.2, 0.25) is 0 Å². The maximum absolute atomic E-state index is 13.5. The van der Waals surface area contributed by atoms with Crippen molar-refractivity contribution in [2.75, 3.05) is 6.61 Å². The molecule has 182 valence electrons. The van der Waals surface area contributed by atoms with Crippen LogP contribution in [0.3, 0.4) is 0 Å². The molecule has 0 saturated carbocycles. The van der Waals surface area contributed by atoms with Crippen molar-refractivity contribution in [2.24, 2.45) is 0 Å². The minimum atomic E-state index is -1.97. The molecular weight excluding hydrogens is 428 g/mol. The van der Waals surface area contributed by atoms with Crippen LogP contribution in [-0.2, 0) is 25.7 Å². The van der Waals surface area contributed by atoms with Gasteiger partial charge in [-0.15, -0.1) is 0 Å². The summed E-state index contributed by atoms with van der Waals surface area (Å²) in [5.41, 5.74) is -0.631. The molecular formula is C24H34F4O4. The van der Waals surface area contributed by atoms with Gasteiger partial charge in [-0.3, -0.25) is 9.59 Å². The maximum atomic E-state index is 13.5. The third-order valence-electron chi connectivity index (χ3n) is 5.11. The van der Waals surface area contributed by atoms with E-state index in [-0.39, 0.29) is 19.4 Å². The Morgan fingerprint density at radius 1 is 0.688 bits per heavy atom. The Morgan fingerprint density at radius 2 is 1.19 bits per heavy atom. The predicted molar refractivity (Wildman–Crippen MR) is 113 cm³/mol. The van der Waals surface area contributed by atoms with Crippen LogP contribution in [0.15, 0.2) is 6.07 Å². The molecule has 0 saturated heterocycles. The van der Waals surface area contributed by atoms with E-state index in [2.05, 4.69) is 11.7 Å². The van der Waals surface area contributed by atoms with Gasteiger partial charge < -0.3 is 9.47 Å². The van der Waals surface area contributed by atoms with Gasteiger partial charge in [0, 0.05) is 5.56 Å². The van der Waals surface area contributed by atoms with Gasteiger partial charge in [0.25, 0.3) is 0 Å². The predicted octanol–water partition coefficient (Wildman–Crippen LogP) is 6.92. The summed E-state index contributed by atoms with van der Waals surface area (Å²) in [7, 11) is 0. The second-order valence-corrected chi connectivity index (χ2v) is 7.88. The normalized spacial score (nSPS) is 10.9. The summed E-state index contributed by atoms with van der Waals surface area (Å²) in [6.45, 7) is 1.72. The maximum Gasteiger partial charge on any atom is 0.306 e. The summed E-state index contributed by atoms with van der Waals surface area (Å²) in [6, 6.07) is 0.420. The first-order valence-corrected chi connectivity index (χ1v) is 11.5. The first-order chi connectivity index (χ1) is 15.4. The lowest BCUT2D eigenvalue weighted by Crippen LogP contribution is -2.12. The van der Waals surface area contributed by atoms with Gasteiger partial charge in [-0.2, -0.15) is 0 Å². The molecule has 0 heterocycles. The standard InChI is InChI=1S/C24H34F4O4/c1-2-3-4-5-6-7-8-9-10-11-12-15-31-20(29)13-14-21(30)32-17-18-16-19(25)23(27)24(28)22(18)26/h16H,2-15,17H2,1H3. The lowest BCUT2D eigenvalue weighted by Gasteiger charge is -2.08. The second kappa shape index (κ2) is 16.5. The first kappa shape index (κ1) is 27.9. The number of halogens is 4. The topological polar surface area (TPSA) is 52.6 Å². The molecule has 0 radical (unpaired) electrons. The molecule has 0 N–H and O–H groups in total. The van der Waals surface area contributed by atoms with Crippen LogP contribution in [0.1, 0.15) is 96.0 Å². The van der Waals surface area contributed by atoms with E-state index in [0.717, 1.165) is 19.3 Å². The molecule has 0 unspecified atom stereocenters. The quantitative estimate of drug-likeness (QED) is 0.0829. The van der Waals surface area contributed by atoms with Crippen molar-refractivity contribution in [3.63, 3.8) is 0 Å². The van der Waals surface area contributed by atoms with Crippen LogP contribution in [0.25, 0.3) is 0 Å². The second-order valence-electron chi connectivity index (χ2n) is 7.88. The number of carbonyl (C=O) groups is 2. The van der Waals surface area contributed by atoms with E-state index in [1.807, 2.05) is 0 Å².